The van der Waals surface area contributed by atoms with Crippen molar-refractivity contribution in [3.63, 3.8) is 0 Å². The zero-order valence-electron chi connectivity index (χ0n) is 11.8. The third-order valence-electron chi connectivity index (χ3n) is 2.99. The van der Waals surface area contributed by atoms with Gasteiger partial charge in [0, 0.05) is 19.1 Å². The summed E-state index contributed by atoms with van der Waals surface area (Å²) >= 11 is 0. The molecule has 1 aromatic carbocycles. The van der Waals surface area contributed by atoms with Gasteiger partial charge in [-0.3, -0.25) is 0 Å². The number of aryl methyl sites for hydroxylation is 1. The van der Waals surface area contributed by atoms with Crippen LogP contribution in [0.25, 0.3) is 0 Å². The minimum atomic E-state index is -0.292. The van der Waals surface area contributed by atoms with Crippen LogP contribution in [0.15, 0.2) is 30.3 Å². The molecular weight excluding hydrogens is 224 g/mol. The van der Waals surface area contributed by atoms with Crippen LogP contribution in [0, 0.1) is 0 Å². The molecule has 0 amide bonds. The zero-order valence-corrected chi connectivity index (χ0v) is 11.8. The molecule has 1 rings (SSSR count). The maximum Gasteiger partial charge on any atom is 0.0791 e. The van der Waals surface area contributed by atoms with Crippen LogP contribution in [0.3, 0.4) is 0 Å². The molecule has 0 fully saturated rings. The molecule has 0 radical (unpaired) electrons. The van der Waals surface area contributed by atoms with Crippen LogP contribution in [0.2, 0.25) is 0 Å². The number of aliphatic hydroxyl groups excluding tert-OH is 1. The van der Waals surface area contributed by atoms with Crippen LogP contribution in [0.1, 0.15) is 18.9 Å². The van der Waals surface area contributed by atoms with E-state index in [9.17, 15) is 5.11 Å². The second-order valence-electron chi connectivity index (χ2n) is 5.25. The normalized spacial score (nSPS) is 14.7. The summed E-state index contributed by atoms with van der Waals surface area (Å²) in [6.07, 6.45) is 1.89. The van der Waals surface area contributed by atoms with Gasteiger partial charge in [0.15, 0.2) is 0 Å². The number of likely N-dealkylation sites (N-methyl/N-ethyl adjacent to an activating group) is 1. The van der Waals surface area contributed by atoms with Gasteiger partial charge in [0.05, 0.1) is 6.10 Å². The molecule has 0 saturated heterocycles. The van der Waals surface area contributed by atoms with Crippen LogP contribution < -0.4 is 5.32 Å². The van der Waals surface area contributed by atoms with Gasteiger partial charge in [-0.25, -0.2) is 0 Å². The monoisotopic (exact) mass is 250 g/mol. The van der Waals surface area contributed by atoms with Crippen molar-refractivity contribution in [1.29, 1.82) is 0 Å². The summed E-state index contributed by atoms with van der Waals surface area (Å²) < 4.78 is 0. The van der Waals surface area contributed by atoms with E-state index in [2.05, 4.69) is 36.5 Å². The number of benzene rings is 1. The van der Waals surface area contributed by atoms with E-state index >= 15 is 0 Å². The highest BCUT2D eigenvalue weighted by Gasteiger charge is 2.08. The summed E-state index contributed by atoms with van der Waals surface area (Å²) in [5, 5.41) is 13.1. The third kappa shape index (κ3) is 6.74. The Hall–Kier alpha value is -0.900. The number of aliphatic hydroxyl groups is 1. The highest BCUT2D eigenvalue weighted by Crippen LogP contribution is 2.04. The van der Waals surface area contributed by atoms with E-state index < -0.39 is 0 Å². The summed E-state index contributed by atoms with van der Waals surface area (Å²) in [5.41, 5.74) is 1.37. The van der Waals surface area contributed by atoms with Gasteiger partial charge < -0.3 is 15.3 Å². The van der Waals surface area contributed by atoms with Crippen molar-refractivity contribution in [2.45, 2.75) is 31.9 Å². The first-order valence-electron chi connectivity index (χ1n) is 6.68. The van der Waals surface area contributed by atoms with Crippen molar-refractivity contribution in [2.75, 3.05) is 27.2 Å². The fraction of sp³-hybridized carbons (Fsp3) is 0.600. The molecule has 0 spiro atoms. The van der Waals surface area contributed by atoms with Crippen molar-refractivity contribution >= 4 is 0 Å². The highest BCUT2D eigenvalue weighted by atomic mass is 16.3. The SMILES string of the molecule is CC(CCc1ccccc1)NCC(O)CN(C)C. The zero-order chi connectivity index (χ0) is 13.4. The quantitative estimate of drug-likeness (QED) is 0.734. The third-order valence-corrected chi connectivity index (χ3v) is 2.99. The lowest BCUT2D eigenvalue weighted by Crippen LogP contribution is -2.38. The average molecular weight is 250 g/mol. The van der Waals surface area contributed by atoms with Gasteiger partial charge in [-0.1, -0.05) is 30.3 Å². The largest absolute Gasteiger partial charge is 0.390 e. The molecule has 0 heterocycles. The topological polar surface area (TPSA) is 35.5 Å². The van der Waals surface area contributed by atoms with Crippen LogP contribution in [0.5, 0.6) is 0 Å². The van der Waals surface area contributed by atoms with Gasteiger partial charge in [0.1, 0.15) is 0 Å². The molecular formula is C15H26N2O. The summed E-state index contributed by atoms with van der Waals surface area (Å²) in [6, 6.07) is 11.0. The summed E-state index contributed by atoms with van der Waals surface area (Å²) in [7, 11) is 3.95. The fourth-order valence-corrected chi connectivity index (χ4v) is 1.95. The standard InChI is InChI=1S/C15H26N2O/c1-13(16-11-15(18)12-17(2)3)9-10-14-7-5-4-6-8-14/h4-8,13,15-16,18H,9-12H2,1-3H3. The molecule has 0 bridgehead atoms. The Morgan fingerprint density at radius 3 is 2.50 bits per heavy atom. The molecule has 0 saturated carbocycles. The van der Waals surface area contributed by atoms with E-state index in [4.69, 9.17) is 0 Å². The molecule has 2 atom stereocenters. The second-order valence-corrected chi connectivity index (χ2v) is 5.25. The van der Waals surface area contributed by atoms with Crippen molar-refractivity contribution in [3.8, 4) is 0 Å². The first kappa shape index (κ1) is 15.2. The number of nitrogens with one attached hydrogen (secondary N) is 1. The van der Waals surface area contributed by atoms with E-state index in [0.717, 1.165) is 12.8 Å². The summed E-state index contributed by atoms with van der Waals surface area (Å²) in [5.74, 6) is 0. The van der Waals surface area contributed by atoms with Crippen molar-refractivity contribution in [3.05, 3.63) is 35.9 Å². The Labute approximate surface area is 111 Å². The molecule has 18 heavy (non-hydrogen) atoms. The van der Waals surface area contributed by atoms with Crippen molar-refractivity contribution < 1.29 is 5.11 Å². The summed E-state index contributed by atoms with van der Waals surface area (Å²) in [4.78, 5) is 2.00. The Balaban J connectivity index is 2.16. The van der Waals surface area contributed by atoms with E-state index in [-0.39, 0.29) is 6.10 Å². The van der Waals surface area contributed by atoms with Gasteiger partial charge in [0.25, 0.3) is 0 Å². The molecule has 0 aromatic heterocycles. The predicted octanol–water partition coefficient (Wildman–Crippen LogP) is 1.52. The van der Waals surface area contributed by atoms with E-state index in [0.29, 0.717) is 19.1 Å². The lowest BCUT2D eigenvalue weighted by Gasteiger charge is -2.19. The van der Waals surface area contributed by atoms with Crippen LogP contribution in [0.4, 0.5) is 0 Å². The molecule has 102 valence electrons. The predicted molar refractivity (Wildman–Crippen MR) is 76.8 cm³/mol. The van der Waals surface area contributed by atoms with E-state index in [1.54, 1.807) is 0 Å². The maximum atomic E-state index is 9.75. The van der Waals surface area contributed by atoms with Crippen LogP contribution in [-0.2, 0) is 6.42 Å². The molecule has 1 aromatic rings. The minimum absolute atomic E-state index is 0.292. The summed E-state index contributed by atoms with van der Waals surface area (Å²) in [6.45, 7) is 3.54. The Morgan fingerprint density at radius 2 is 1.89 bits per heavy atom. The van der Waals surface area contributed by atoms with Gasteiger partial charge in [-0.15, -0.1) is 0 Å². The van der Waals surface area contributed by atoms with Crippen LogP contribution in [-0.4, -0.2) is 49.3 Å². The molecule has 0 aliphatic rings. The molecule has 0 aliphatic carbocycles. The minimum Gasteiger partial charge on any atom is -0.390 e. The molecule has 2 N–H and O–H groups in total. The smallest absolute Gasteiger partial charge is 0.0791 e. The molecule has 0 aliphatic heterocycles. The van der Waals surface area contributed by atoms with Gasteiger partial charge in [-0.05, 0) is 39.4 Å². The second kappa shape index (κ2) is 8.25. The van der Waals surface area contributed by atoms with Gasteiger partial charge in [0.2, 0.25) is 0 Å². The molecule has 3 nitrogen and oxygen atoms in total. The Bertz CT molecular complexity index is 314. The number of hydrogen-bond donors (Lipinski definition) is 2. The van der Waals surface area contributed by atoms with E-state index in [1.165, 1.54) is 5.56 Å². The lowest BCUT2D eigenvalue weighted by molar-refractivity contribution is 0.131. The lowest BCUT2D eigenvalue weighted by atomic mass is 10.1. The first-order chi connectivity index (χ1) is 8.58. The number of nitrogens with zero attached hydrogens (tertiary/aromatic N) is 1. The van der Waals surface area contributed by atoms with Crippen LogP contribution >= 0.6 is 0 Å². The molecule has 3 heteroatoms. The van der Waals surface area contributed by atoms with Gasteiger partial charge in [-0.2, -0.15) is 0 Å². The number of hydrogen-bond acceptors (Lipinski definition) is 3. The number of rotatable bonds is 8. The van der Waals surface area contributed by atoms with Gasteiger partial charge >= 0.3 is 0 Å². The molecule has 2 unspecified atom stereocenters. The highest BCUT2D eigenvalue weighted by molar-refractivity contribution is 5.14. The Kier molecular flexibility index (Phi) is 6.94. The maximum absolute atomic E-state index is 9.75. The fourth-order valence-electron chi connectivity index (χ4n) is 1.95. The Morgan fingerprint density at radius 1 is 1.22 bits per heavy atom. The average Bonchev–Trinajstić information content (AvgIpc) is 2.34. The van der Waals surface area contributed by atoms with Crippen molar-refractivity contribution in [1.82, 2.24) is 10.2 Å². The van der Waals surface area contributed by atoms with E-state index in [1.807, 2.05) is 25.1 Å². The first-order valence-corrected chi connectivity index (χ1v) is 6.68. The van der Waals surface area contributed by atoms with Crippen molar-refractivity contribution in [2.24, 2.45) is 0 Å².